The van der Waals surface area contributed by atoms with Gasteiger partial charge in [-0.15, -0.1) is 0 Å². The van der Waals surface area contributed by atoms with Crippen LogP contribution in [0.3, 0.4) is 0 Å². The topological polar surface area (TPSA) is 380 Å². The van der Waals surface area contributed by atoms with E-state index in [-0.39, 0.29) is 25.7 Å². The highest BCUT2D eigenvalue weighted by molar-refractivity contribution is 7.47. The van der Waals surface area contributed by atoms with Crippen LogP contribution in [0.4, 0.5) is 0 Å². The van der Waals surface area contributed by atoms with Crippen LogP contribution in [0.25, 0.3) is 0 Å². The maximum absolute atomic E-state index is 14.9. The largest absolute Gasteiger partial charge is 0.472 e. The number of phosphoric ester groups is 1. The Morgan fingerprint density at radius 1 is 0.350 bits per heavy atom. The first kappa shape index (κ1) is 111. The maximum atomic E-state index is 14.9. The Hall–Kier alpha value is -3.05. The molecule has 0 aromatic heterocycles. The third kappa shape index (κ3) is 51.7. The van der Waals surface area contributed by atoms with E-state index >= 15 is 0 Å². The van der Waals surface area contributed by atoms with Crippen molar-refractivity contribution >= 4 is 31.7 Å². The lowest BCUT2D eigenvalue weighted by atomic mass is 9.84. The molecule has 2 saturated heterocycles. The van der Waals surface area contributed by atoms with E-state index < -0.39 is 162 Å². The molecule has 2 aliphatic heterocycles. The number of aliphatic hydroxyl groups is 9. The van der Waals surface area contributed by atoms with Crippen molar-refractivity contribution in [2.75, 3.05) is 26.4 Å². The first-order valence-corrected chi connectivity index (χ1v) is 50.0. The van der Waals surface area contributed by atoms with E-state index in [1.807, 2.05) is 0 Å². The average molecular weight is 1730 g/mol. The fourth-order valence-electron chi connectivity index (χ4n) is 16.0. The molecule has 0 radical (unpaired) electrons. The normalized spacial score (nSPS) is 25.1. The van der Waals surface area contributed by atoms with E-state index in [2.05, 4.69) is 58.9 Å². The van der Waals surface area contributed by atoms with Gasteiger partial charge in [-0.1, -0.05) is 335 Å². The number of hydrogen-bond donors (Lipinski definition) is 10. The molecule has 25 nitrogen and oxygen atoms in total. The number of aliphatic hydroxyl groups excluding tert-OH is 9. The minimum Gasteiger partial charge on any atom is -0.463 e. The zero-order valence-corrected chi connectivity index (χ0v) is 76.2. The molecule has 704 valence electrons. The molecule has 19 atom stereocenters. The lowest BCUT2D eigenvalue weighted by Crippen LogP contribution is -2.70. The summed E-state index contributed by atoms with van der Waals surface area (Å²) in [5, 5.41) is 102. The van der Waals surface area contributed by atoms with E-state index in [0.717, 1.165) is 161 Å². The van der Waals surface area contributed by atoms with Gasteiger partial charge >= 0.3 is 31.7 Å². The molecule has 0 spiro atoms. The third-order valence-electron chi connectivity index (χ3n) is 23.8. The predicted octanol–water partition coefficient (Wildman–Crippen LogP) is 18.4. The lowest BCUT2D eigenvalue weighted by molar-refractivity contribution is -0.360. The van der Waals surface area contributed by atoms with Crippen molar-refractivity contribution < 1.29 is 122 Å². The number of carbonyl (C=O) groups excluding carboxylic acids is 4. The third-order valence-corrected chi connectivity index (χ3v) is 24.8. The van der Waals surface area contributed by atoms with Gasteiger partial charge < -0.3 is 88.7 Å². The number of ether oxygens (including phenoxy) is 8. The standard InChI is InChI=1S/C94H173O25P/c1-6-10-14-18-22-25-28-31-34-37-40-43-46-53-59-65-77(96)110-70-74(113-79(98)67-61-55-48-45-42-39-36-33-30-27-24-20-16-12-8-3)71-112-120(108,109)119-92-90(117-93-87(106)83(102)81(100)75(69-95)114-93)86(105)85(104)89(116-80(99)68-62-56-50-49-52-58-64-73(5)63-57-51-21-17-13-9-4)91(92)118-94-88(107)84(103)82(101)76(115-94)72-111-78(97)66-60-54-47-44-41-38-35-32-29-26-23-19-15-11-7-2/h26-27,29-30,73-76,81-95,100-107H,6-25,28,31-72H2,1-5H3,(H,108,109)/b29-26-,30-27-. The van der Waals surface area contributed by atoms with Gasteiger partial charge in [0.05, 0.1) is 13.2 Å². The van der Waals surface area contributed by atoms with Crippen molar-refractivity contribution in [2.24, 2.45) is 5.92 Å². The molecule has 10 N–H and O–H groups in total. The Balaban J connectivity index is 1.92. The summed E-state index contributed by atoms with van der Waals surface area (Å²) in [7, 11) is -5.81. The number of hydrogen-bond acceptors (Lipinski definition) is 24. The van der Waals surface area contributed by atoms with Crippen molar-refractivity contribution in [1.82, 2.24) is 0 Å². The van der Waals surface area contributed by atoms with E-state index in [1.165, 1.54) is 154 Å². The van der Waals surface area contributed by atoms with Gasteiger partial charge in [0.25, 0.3) is 0 Å². The first-order valence-electron chi connectivity index (χ1n) is 48.5. The van der Waals surface area contributed by atoms with Crippen molar-refractivity contribution in [3.8, 4) is 0 Å². The molecule has 0 bridgehead atoms. The molecule has 19 unspecified atom stereocenters. The Bertz CT molecular complexity index is 2600. The average Bonchev–Trinajstić information content (AvgIpc) is 0.753. The first-order chi connectivity index (χ1) is 58.1. The lowest BCUT2D eigenvalue weighted by Gasteiger charge is -2.50. The van der Waals surface area contributed by atoms with Crippen LogP contribution < -0.4 is 0 Å². The van der Waals surface area contributed by atoms with Gasteiger partial charge in [0, 0.05) is 25.7 Å². The summed E-state index contributed by atoms with van der Waals surface area (Å²) in [6.07, 6.45) is 31.6. The van der Waals surface area contributed by atoms with E-state index in [1.54, 1.807) is 0 Å². The molecule has 0 aromatic rings. The Labute approximate surface area is 724 Å². The quantitative estimate of drug-likeness (QED) is 0.00889. The molecule has 26 heteroatoms. The van der Waals surface area contributed by atoms with E-state index in [4.69, 9.17) is 46.9 Å². The molecule has 120 heavy (non-hydrogen) atoms. The minimum atomic E-state index is -5.81. The van der Waals surface area contributed by atoms with Crippen LogP contribution in [0.5, 0.6) is 0 Å². The second-order valence-electron chi connectivity index (χ2n) is 34.9. The maximum Gasteiger partial charge on any atom is 0.472 e. The van der Waals surface area contributed by atoms with Crippen LogP contribution in [-0.2, 0) is 70.7 Å². The second-order valence-corrected chi connectivity index (χ2v) is 36.3. The number of unbranched alkanes of at least 4 members (excludes halogenated alkanes) is 46. The van der Waals surface area contributed by atoms with Crippen molar-refractivity contribution in [3.05, 3.63) is 24.3 Å². The van der Waals surface area contributed by atoms with Gasteiger partial charge in [-0.2, -0.15) is 0 Å². The fourth-order valence-corrected chi connectivity index (χ4v) is 17.0. The highest BCUT2D eigenvalue weighted by Crippen LogP contribution is 2.49. The molecular formula is C94H173O25P. The number of phosphoric acid groups is 1. The molecule has 0 amide bonds. The number of esters is 4. The summed E-state index contributed by atoms with van der Waals surface area (Å²) >= 11 is 0. The van der Waals surface area contributed by atoms with Gasteiger partial charge in [-0.05, 0) is 83.0 Å². The van der Waals surface area contributed by atoms with Crippen LogP contribution in [-0.4, -0.2) is 205 Å². The number of rotatable bonds is 78. The zero-order chi connectivity index (χ0) is 87.6. The Kier molecular flexibility index (Phi) is 66.6. The summed E-state index contributed by atoms with van der Waals surface area (Å²) in [6.45, 7) is 7.89. The predicted molar refractivity (Wildman–Crippen MR) is 467 cm³/mol. The molecule has 0 aromatic carbocycles. The summed E-state index contributed by atoms with van der Waals surface area (Å²) < 4.78 is 73.6. The zero-order valence-electron chi connectivity index (χ0n) is 75.3. The number of allylic oxidation sites excluding steroid dienone is 4. The monoisotopic (exact) mass is 1730 g/mol. The fraction of sp³-hybridized carbons (Fsp3) is 0.915. The molecule has 1 aliphatic carbocycles. The highest BCUT2D eigenvalue weighted by Gasteiger charge is 2.60. The second kappa shape index (κ2) is 71.9. The van der Waals surface area contributed by atoms with Gasteiger partial charge in [0.1, 0.15) is 92.6 Å². The van der Waals surface area contributed by atoms with E-state index in [9.17, 15) is 74.6 Å². The van der Waals surface area contributed by atoms with Crippen molar-refractivity contribution in [1.29, 1.82) is 0 Å². The number of carbonyl (C=O) groups is 4. The summed E-state index contributed by atoms with van der Waals surface area (Å²) in [5.41, 5.74) is 0. The van der Waals surface area contributed by atoms with Gasteiger partial charge in [0.15, 0.2) is 24.8 Å². The molecule has 2 heterocycles. The van der Waals surface area contributed by atoms with Gasteiger partial charge in [-0.3, -0.25) is 28.2 Å². The smallest absolute Gasteiger partial charge is 0.463 e. The van der Waals surface area contributed by atoms with Crippen LogP contribution in [0.1, 0.15) is 413 Å². The summed E-state index contributed by atoms with van der Waals surface area (Å²) in [4.78, 5) is 66.6. The minimum absolute atomic E-state index is 0.00926. The van der Waals surface area contributed by atoms with Gasteiger partial charge in [-0.25, -0.2) is 4.57 Å². The molecule has 1 saturated carbocycles. The summed E-state index contributed by atoms with van der Waals surface area (Å²) in [6, 6.07) is 0. The van der Waals surface area contributed by atoms with Crippen LogP contribution >= 0.6 is 7.82 Å². The van der Waals surface area contributed by atoms with Crippen molar-refractivity contribution in [3.63, 3.8) is 0 Å². The Morgan fingerprint density at radius 3 is 1.08 bits per heavy atom. The summed E-state index contributed by atoms with van der Waals surface area (Å²) in [5.74, 6) is -2.34. The molecular weight excluding hydrogens is 1560 g/mol. The van der Waals surface area contributed by atoms with Crippen LogP contribution in [0, 0.1) is 5.92 Å². The van der Waals surface area contributed by atoms with Crippen LogP contribution in [0.15, 0.2) is 24.3 Å². The molecule has 3 fully saturated rings. The Morgan fingerprint density at radius 2 is 0.675 bits per heavy atom. The molecule has 3 rings (SSSR count). The van der Waals surface area contributed by atoms with E-state index in [0.29, 0.717) is 44.4 Å². The van der Waals surface area contributed by atoms with Crippen molar-refractivity contribution in [2.45, 2.75) is 518 Å². The molecule has 3 aliphatic rings. The van der Waals surface area contributed by atoms with Crippen LogP contribution in [0.2, 0.25) is 0 Å². The SMILES string of the molecule is CCCCCC/C=C\CCCCCCCCCC(=O)OCC1OC(OC2C(OC(=O)CCCCCCCCC(C)CCCCCCCC)C(O)C(O)C(OC3OC(CO)C(O)C(O)C3O)C2OP(=O)(O)OCC(COC(=O)CCCCCCCCCCCCCCCCC)OC(=O)CCCCCCCCC/C=C\CCCCCC)C(O)C(O)C1O. The van der Waals surface area contributed by atoms with Gasteiger partial charge in [0.2, 0.25) is 0 Å². The highest BCUT2D eigenvalue weighted by atomic mass is 31.2.